The Morgan fingerprint density at radius 3 is 2.08 bits per heavy atom. The molecule has 4 rings (SSSR count). The fourth-order valence-corrected chi connectivity index (χ4v) is 4.76. The number of piperazine rings is 1. The standard InChI is InChI=1S/C26H35N3O2.C4H6O4/c1-21(2)31-25-12-5-4-11-24(25)28-17-15-27(16-18-28)20-22-9-8-10-23(19-22)26(30)29-13-6-3-7-14-29;5-3(6)1-2-4(7)8/h4-5,8-12,19,21H,3,6-7,13-18,20H2,1-2H3;1-2H2,(H,5,6)(H,7,8)/p-2. The van der Waals surface area contributed by atoms with Crippen LogP contribution in [0, 0.1) is 0 Å². The Kier molecular flexibility index (Phi) is 11.6. The molecule has 2 aromatic rings. The van der Waals surface area contributed by atoms with Crippen LogP contribution < -0.4 is 19.8 Å². The summed E-state index contributed by atoms with van der Waals surface area (Å²) in [5.41, 5.74) is 3.24. The first kappa shape index (κ1) is 30.0. The second-order valence-corrected chi connectivity index (χ2v) is 10.2. The highest BCUT2D eigenvalue weighted by Gasteiger charge is 2.21. The highest BCUT2D eigenvalue weighted by molar-refractivity contribution is 5.94. The third-order valence-electron chi connectivity index (χ3n) is 6.70. The molecule has 2 aliphatic heterocycles. The molecule has 2 fully saturated rings. The van der Waals surface area contributed by atoms with Crippen molar-refractivity contribution in [3.05, 3.63) is 59.7 Å². The summed E-state index contributed by atoms with van der Waals surface area (Å²) in [4.78, 5) is 38.8. The van der Waals surface area contributed by atoms with Crippen LogP contribution in [0.2, 0.25) is 0 Å². The highest BCUT2D eigenvalue weighted by Crippen LogP contribution is 2.30. The summed E-state index contributed by atoms with van der Waals surface area (Å²) < 4.78 is 6.02. The summed E-state index contributed by atoms with van der Waals surface area (Å²) in [5.74, 6) is -1.58. The zero-order valence-electron chi connectivity index (χ0n) is 23.0. The van der Waals surface area contributed by atoms with Gasteiger partial charge < -0.3 is 34.3 Å². The smallest absolute Gasteiger partial charge is 0.253 e. The first-order valence-corrected chi connectivity index (χ1v) is 13.7. The lowest BCUT2D eigenvalue weighted by Gasteiger charge is -2.37. The van der Waals surface area contributed by atoms with E-state index in [0.29, 0.717) is 0 Å². The van der Waals surface area contributed by atoms with E-state index in [1.807, 2.05) is 23.1 Å². The van der Waals surface area contributed by atoms with Gasteiger partial charge in [0.25, 0.3) is 5.91 Å². The predicted octanol–water partition coefficient (Wildman–Crippen LogP) is 1.69. The van der Waals surface area contributed by atoms with Crippen molar-refractivity contribution >= 4 is 23.5 Å². The number of amides is 1. The molecule has 9 heteroatoms. The van der Waals surface area contributed by atoms with Crippen LogP contribution in [0.15, 0.2) is 48.5 Å². The van der Waals surface area contributed by atoms with Gasteiger partial charge in [-0.05, 0) is 75.8 Å². The van der Waals surface area contributed by atoms with Crippen LogP contribution in [-0.4, -0.2) is 73.0 Å². The lowest BCUT2D eigenvalue weighted by atomic mass is 10.1. The van der Waals surface area contributed by atoms with Crippen molar-refractivity contribution in [3.63, 3.8) is 0 Å². The van der Waals surface area contributed by atoms with Crippen LogP contribution in [0.3, 0.4) is 0 Å². The van der Waals surface area contributed by atoms with Crippen LogP contribution in [0.1, 0.15) is 61.9 Å². The third-order valence-corrected chi connectivity index (χ3v) is 6.70. The number of ether oxygens (including phenoxy) is 1. The monoisotopic (exact) mass is 537 g/mol. The first-order chi connectivity index (χ1) is 18.7. The van der Waals surface area contributed by atoms with E-state index >= 15 is 0 Å². The Morgan fingerprint density at radius 1 is 0.821 bits per heavy atom. The molecule has 0 bridgehead atoms. The lowest BCUT2D eigenvalue weighted by molar-refractivity contribution is -0.315. The molecule has 2 saturated heterocycles. The second kappa shape index (κ2) is 15.1. The lowest BCUT2D eigenvalue weighted by Crippen LogP contribution is -2.46. The van der Waals surface area contributed by atoms with Gasteiger partial charge in [0, 0.05) is 63.3 Å². The number of carboxylic acid groups (broad SMARTS) is 2. The van der Waals surface area contributed by atoms with E-state index < -0.39 is 24.8 Å². The summed E-state index contributed by atoms with van der Waals surface area (Å²) in [6, 6.07) is 16.6. The molecule has 0 aliphatic carbocycles. The fourth-order valence-electron chi connectivity index (χ4n) is 4.76. The van der Waals surface area contributed by atoms with Crippen LogP contribution >= 0.6 is 0 Å². The van der Waals surface area contributed by atoms with Gasteiger partial charge in [0.2, 0.25) is 0 Å². The summed E-state index contributed by atoms with van der Waals surface area (Å²) >= 11 is 0. The minimum Gasteiger partial charge on any atom is -0.550 e. The quantitative estimate of drug-likeness (QED) is 0.475. The number of para-hydroxylation sites is 2. The van der Waals surface area contributed by atoms with Crippen molar-refractivity contribution in [2.45, 2.75) is 58.6 Å². The van der Waals surface area contributed by atoms with Crippen LogP contribution in [-0.2, 0) is 16.1 Å². The van der Waals surface area contributed by atoms with Crippen molar-refractivity contribution in [1.82, 2.24) is 9.80 Å². The van der Waals surface area contributed by atoms with Crippen LogP contribution in [0.25, 0.3) is 0 Å². The molecule has 0 aromatic heterocycles. The number of hydrogen-bond acceptors (Lipinski definition) is 8. The average molecular weight is 538 g/mol. The molecule has 0 unspecified atom stereocenters. The van der Waals surface area contributed by atoms with Crippen molar-refractivity contribution in [2.24, 2.45) is 0 Å². The molecule has 9 nitrogen and oxygen atoms in total. The minimum absolute atomic E-state index is 0.169. The normalized spacial score (nSPS) is 15.9. The molecule has 2 aliphatic rings. The molecule has 39 heavy (non-hydrogen) atoms. The van der Waals surface area contributed by atoms with E-state index in [4.69, 9.17) is 4.74 Å². The average Bonchev–Trinajstić information content (AvgIpc) is 2.93. The molecule has 0 saturated carbocycles. The number of carboxylic acids is 2. The zero-order chi connectivity index (χ0) is 28.2. The number of benzene rings is 2. The third kappa shape index (κ3) is 9.90. The molecule has 212 valence electrons. The van der Waals surface area contributed by atoms with Crippen LogP contribution in [0.5, 0.6) is 5.75 Å². The van der Waals surface area contributed by atoms with Gasteiger partial charge in [-0.1, -0.05) is 24.3 Å². The molecule has 2 aromatic carbocycles. The first-order valence-electron chi connectivity index (χ1n) is 13.7. The molecule has 0 atom stereocenters. The van der Waals surface area contributed by atoms with E-state index in [-0.39, 0.29) is 12.0 Å². The number of rotatable bonds is 9. The van der Waals surface area contributed by atoms with Crippen molar-refractivity contribution in [2.75, 3.05) is 44.2 Å². The van der Waals surface area contributed by atoms with E-state index in [1.165, 1.54) is 17.7 Å². The van der Waals surface area contributed by atoms with Crippen molar-refractivity contribution in [3.8, 4) is 5.75 Å². The Labute approximate surface area is 231 Å². The van der Waals surface area contributed by atoms with Gasteiger partial charge >= 0.3 is 0 Å². The molecular weight excluding hydrogens is 498 g/mol. The maximum absolute atomic E-state index is 12.8. The number of hydrogen-bond donors (Lipinski definition) is 0. The molecule has 0 radical (unpaired) electrons. The largest absolute Gasteiger partial charge is 0.550 e. The number of carbonyl (C=O) groups excluding carboxylic acids is 3. The summed E-state index contributed by atoms with van der Waals surface area (Å²) in [6.07, 6.45) is 2.72. The topological polar surface area (TPSA) is 116 Å². The van der Waals surface area contributed by atoms with Gasteiger partial charge in [0.15, 0.2) is 0 Å². The SMILES string of the molecule is CC(C)Oc1ccccc1N1CCN(Cc2cccc(C(=O)N3CCCCC3)c2)CC1.O=C([O-])CCC(=O)[O-]. The van der Waals surface area contributed by atoms with Gasteiger partial charge in [-0.25, -0.2) is 0 Å². The van der Waals surface area contributed by atoms with Crippen molar-refractivity contribution < 1.29 is 29.3 Å². The van der Waals surface area contributed by atoms with Gasteiger partial charge in [0.05, 0.1) is 11.8 Å². The van der Waals surface area contributed by atoms with Gasteiger partial charge in [0.1, 0.15) is 5.75 Å². The molecular formula is C30H39N3O6-2. The van der Waals surface area contributed by atoms with E-state index in [1.54, 1.807) is 0 Å². The Balaban J connectivity index is 0.000000459. The van der Waals surface area contributed by atoms with Gasteiger partial charge in [-0.15, -0.1) is 0 Å². The maximum Gasteiger partial charge on any atom is 0.253 e. The predicted molar refractivity (Wildman–Crippen MR) is 145 cm³/mol. The van der Waals surface area contributed by atoms with E-state index in [9.17, 15) is 24.6 Å². The summed E-state index contributed by atoms with van der Waals surface area (Å²) in [7, 11) is 0. The Hall–Kier alpha value is -3.59. The van der Waals surface area contributed by atoms with E-state index in [0.717, 1.165) is 70.0 Å². The fraction of sp³-hybridized carbons (Fsp3) is 0.500. The maximum atomic E-state index is 12.8. The number of nitrogens with zero attached hydrogens (tertiary/aromatic N) is 3. The highest BCUT2D eigenvalue weighted by atomic mass is 16.5. The molecule has 1 amide bonds. The minimum atomic E-state index is -1.37. The van der Waals surface area contributed by atoms with Gasteiger partial charge in [-0.3, -0.25) is 9.69 Å². The number of aliphatic carboxylic acids is 2. The second-order valence-electron chi connectivity index (χ2n) is 10.2. The number of likely N-dealkylation sites (tertiary alicyclic amines) is 1. The van der Waals surface area contributed by atoms with E-state index in [2.05, 4.69) is 54.0 Å². The van der Waals surface area contributed by atoms with Gasteiger partial charge in [-0.2, -0.15) is 0 Å². The number of piperidine rings is 1. The zero-order valence-corrected chi connectivity index (χ0v) is 23.0. The summed E-state index contributed by atoms with van der Waals surface area (Å²) in [6.45, 7) is 10.8. The Morgan fingerprint density at radius 2 is 1.46 bits per heavy atom. The molecule has 2 heterocycles. The molecule has 0 N–H and O–H groups in total. The number of carbonyl (C=O) groups is 3. The number of anilines is 1. The Bertz CT molecular complexity index is 1080. The molecule has 0 spiro atoms. The van der Waals surface area contributed by atoms with Crippen molar-refractivity contribution in [1.29, 1.82) is 0 Å². The summed E-state index contributed by atoms with van der Waals surface area (Å²) in [5, 5.41) is 19.0. The van der Waals surface area contributed by atoms with Crippen LogP contribution in [0.4, 0.5) is 5.69 Å².